The second-order valence-corrected chi connectivity index (χ2v) is 8.82. The van der Waals surface area contributed by atoms with Crippen molar-refractivity contribution < 1.29 is 47.4 Å². The van der Waals surface area contributed by atoms with E-state index in [1.807, 2.05) is 12.2 Å². The Morgan fingerprint density at radius 3 is 1.84 bits per heavy atom. The molecule has 0 heterocycles. The number of Topliss-reactive ketones (excluding diaryl/α,β-unsaturated/α-hetero) is 1. The molecule has 0 aromatic heterocycles. The van der Waals surface area contributed by atoms with Crippen molar-refractivity contribution in [3.63, 3.8) is 0 Å². The van der Waals surface area contributed by atoms with E-state index in [2.05, 4.69) is 16.0 Å². The van der Waals surface area contributed by atoms with Crippen LogP contribution in [0.4, 0.5) is 8.78 Å². The molecule has 0 unspecified atom stereocenters. The highest BCUT2D eigenvalue weighted by molar-refractivity contribution is 6.10. The quantitative estimate of drug-likeness (QED) is 0.139. The van der Waals surface area contributed by atoms with E-state index in [9.17, 15) is 42.3 Å². The average Bonchev–Trinajstić information content (AvgIpc) is 2.80. The van der Waals surface area contributed by atoms with E-state index < -0.39 is 84.3 Å². The summed E-state index contributed by atoms with van der Waals surface area (Å²) in [6.07, 6.45) is 0.564. The van der Waals surface area contributed by atoms with Gasteiger partial charge in [0.25, 0.3) is 5.91 Å². The van der Waals surface area contributed by atoms with Gasteiger partial charge in [0.1, 0.15) is 18.6 Å². The van der Waals surface area contributed by atoms with Crippen LogP contribution in [0.1, 0.15) is 48.0 Å². The molecule has 0 fully saturated rings. The van der Waals surface area contributed by atoms with Gasteiger partial charge in [0.05, 0.1) is 12.6 Å². The number of aliphatic carboxylic acids is 1. The third kappa shape index (κ3) is 10.9. The topological polar surface area (TPSA) is 200 Å². The molecule has 6 N–H and O–H groups in total. The van der Waals surface area contributed by atoms with Gasteiger partial charge < -0.3 is 31.7 Å². The van der Waals surface area contributed by atoms with Crippen LogP contribution in [0.2, 0.25) is 0 Å². The average molecular weight is 536 g/mol. The Morgan fingerprint density at radius 2 is 1.38 bits per heavy atom. The van der Waals surface area contributed by atoms with Crippen LogP contribution in [0.25, 0.3) is 0 Å². The van der Waals surface area contributed by atoms with Crippen LogP contribution >= 0.6 is 0 Å². The number of amides is 5. The molecule has 0 spiro atoms. The highest BCUT2D eigenvalue weighted by atomic mass is 19.3. The molecule has 5 amide bonds. The van der Waals surface area contributed by atoms with E-state index >= 15 is 0 Å². The molecule has 0 saturated carbocycles. The van der Waals surface area contributed by atoms with Crippen molar-refractivity contribution in [2.75, 3.05) is 13.1 Å². The molecule has 0 saturated heterocycles. The molecule has 13 nitrogen and oxygen atoms in total. The normalized spacial score (nSPS) is 14.4. The Labute approximate surface area is 212 Å². The summed E-state index contributed by atoms with van der Waals surface area (Å²) in [6.45, 7) is 7.07. The fourth-order valence-electron chi connectivity index (χ4n) is 2.99. The third-order valence-corrected chi connectivity index (χ3v) is 5.29. The summed E-state index contributed by atoms with van der Waals surface area (Å²) in [6, 6.07) is -3.87. The molecule has 210 valence electrons. The van der Waals surface area contributed by atoms with Crippen LogP contribution in [-0.4, -0.2) is 83.5 Å². The van der Waals surface area contributed by atoms with E-state index in [1.165, 1.54) is 12.2 Å². The fourth-order valence-corrected chi connectivity index (χ4v) is 2.99. The van der Waals surface area contributed by atoms with Gasteiger partial charge in [0.2, 0.25) is 29.4 Å². The predicted molar refractivity (Wildman–Crippen MR) is 125 cm³/mol. The first-order chi connectivity index (χ1) is 16.9. The number of carboxylic acids is 1. The monoisotopic (exact) mass is 535 g/mol. The lowest BCUT2D eigenvalue weighted by Crippen LogP contribution is -2.58. The van der Waals surface area contributed by atoms with E-state index in [0.717, 1.165) is 6.92 Å². The second kappa shape index (κ2) is 14.8. The minimum Gasteiger partial charge on any atom is -0.480 e. The molecular formula is C22H35F2N5O8. The Kier molecular flexibility index (Phi) is 13.3. The number of carbonyl (C=O) groups is 7. The van der Waals surface area contributed by atoms with Gasteiger partial charge in [0, 0.05) is 6.92 Å². The standard InChI is InChI=1S/C22H35F2N5O8/c1-7-11(4)17(28-13(6)30)20(36)29-16(10(2)3)19(35)25-8-14(31)27-12(5)18(34)22(23,24)21(37)26-9-15(32)33/h10-12,16-17H,7-9H2,1-6H3,(H,25,35)(H,26,37)(H,27,31)(H,28,30)(H,29,36)(H,32,33)/t11-,12-,16-,17-/m0/s1. The minimum atomic E-state index is -4.61. The summed E-state index contributed by atoms with van der Waals surface area (Å²) >= 11 is 0. The molecule has 0 aliphatic heterocycles. The molecule has 37 heavy (non-hydrogen) atoms. The van der Waals surface area contributed by atoms with Gasteiger partial charge in [-0.2, -0.15) is 8.78 Å². The smallest absolute Gasteiger partial charge is 0.383 e. The van der Waals surface area contributed by atoms with Crippen LogP contribution in [0.15, 0.2) is 0 Å². The van der Waals surface area contributed by atoms with Crippen molar-refractivity contribution in [2.24, 2.45) is 11.8 Å². The molecular weight excluding hydrogens is 500 g/mol. The summed E-state index contributed by atoms with van der Waals surface area (Å²) in [7, 11) is 0. The van der Waals surface area contributed by atoms with E-state index in [1.54, 1.807) is 20.8 Å². The maximum absolute atomic E-state index is 14.0. The van der Waals surface area contributed by atoms with Crippen molar-refractivity contribution in [2.45, 2.75) is 72.0 Å². The van der Waals surface area contributed by atoms with Crippen molar-refractivity contribution in [1.29, 1.82) is 0 Å². The first-order valence-electron chi connectivity index (χ1n) is 11.5. The maximum Gasteiger partial charge on any atom is 0.383 e. The van der Waals surface area contributed by atoms with Crippen molar-refractivity contribution in [3.8, 4) is 0 Å². The Hall–Kier alpha value is -3.65. The summed E-state index contributed by atoms with van der Waals surface area (Å²) in [5, 5.41) is 19.0. The Bertz CT molecular complexity index is 896. The van der Waals surface area contributed by atoms with E-state index in [0.29, 0.717) is 6.42 Å². The zero-order chi connectivity index (χ0) is 29.1. The third-order valence-electron chi connectivity index (χ3n) is 5.29. The summed E-state index contributed by atoms with van der Waals surface area (Å²) in [5.74, 6) is -13.9. The van der Waals surface area contributed by atoms with Crippen molar-refractivity contribution >= 4 is 41.3 Å². The minimum absolute atomic E-state index is 0.242. The number of carbonyl (C=O) groups excluding carboxylic acids is 6. The lowest BCUT2D eigenvalue weighted by atomic mass is 9.96. The van der Waals surface area contributed by atoms with E-state index in [-0.39, 0.29) is 5.92 Å². The van der Waals surface area contributed by atoms with E-state index in [4.69, 9.17) is 5.11 Å². The summed E-state index contributed by atoms with van der Waals surface area (Å²) in [5.41, 5.74) is 0. The highest BCUT2D eigenvalue weighted by Crippen LogP contribution is 2.17. The number of ketones is 1. The lowest BCUT2D eigenvalue weighted by Gasteiger charge is -2.27. The molecule has 15 heteroatoms. The second-order valence-electron chi connectivity index (χ2n) is 8.82. The molecule has 0 aliphatic rings. The Balaban J connectivity index is 5.12. The van der Waals surface area contributed by atoms with Crippen LogP contribution in [0.3, 0.4) is 0 Å². The molecule has 0 rings (SSSR count). The molecule has 0 aromatic rings. The Morgan fingerprint density at radius 1 is 0.811 bits per heavy atom. The van der Waals surface area contributed by atoms with Gasteiger partial charge >= 0.3 is 11.9 Å². The molecule has 0 radical (unpaired) electrons. The lowest BCUT2D eigenvalue weighted by molar-refractivity contribution is -0.161. The molecule has 4 atom stereocenters. The van der Waals surface area contributed by atoms with Gasteiger partial charge in [-0.1, -0.05) is 34.1 Å². The van der Waals surface area contributed by atoms with Crippen LogP contribution < -0.4 is 26.6 Å². The number of hydrogen-bond donors (Lipinski definition) is 6. The number of alkyl halides is 2. The number of carboxylic acid groups (broad SMARTS) is 1. The molecule has 0 aliphatic carbocycles. The van der Waals surface area contributed by atoms with Gasteiger partial charge in [-0.15, -0.1) is 0 Å². The largest absolute Gasteiger partial charge is 0.480 e. The van der Waals surface area contributed by atoms with Gasteiger partial charge in [-0.25, -0.2) is 0 Å². The van der Waals surface area contributed by atoms with Gasteiger partial charge in [-0.3, -0.25) is 33.6 Å². The van der Waals surface area contributed by atoms with Gasteiger partial charge in [0.15, 0.2) is 0 Å². The van der Waals surface area contributed by atoms with Crippen LogP contribution in [-0.2, 0) is 33.6 Å². The van der Waals surface area contributed by atoms with Crippen molar-refractivity contribution in [3.05, 3.63) is 0 Å². The highest BCUT2D eigenvalue weighted by Gasteiger charge is 2.49. The zero-order valence-corrected chi connectivity index (χ0v) is 21.6. The fraction of sp³-hybridized carbons (Fsp3) is 0.682. The first kappa shape index (κ1) is 33.4. The number of hydrogen-bond acceptors (Lipinski definition) is 7. The zero-order valence-electron chi connectivity index (χ0n) is 21.6. The SMILES string of the molecule is CC[C@H](C)[C@H](NC(C)=O)C(=O)N[C@H](C(=O)NCC(=O)N[C@@H](C)C(=O)C(F)(F)C(=O)NCC(=O)O)C(C)C. The van der Waals surface area contributed by atoms with Crippen molar-refractivity contribution in [1.82, 2.24) is 26.6 Å². The number of nitrogens with one attached hydrogen (secondary N) is 5. The summed E-state index contributed by atoms with van der Waals surface area (Å²) < 4.78 is 28.0. The van der Waals surface area contributed by atoms with Gasteiger partial charge in [-0.05, 0) is 18.8 Å². The molecule has 0 bridgehead atoms. The summed E-state index contributed by atoms with van der Waals surface area (Å²) in [4.78, 5) is 82.7. The number of halogens is 2. The predicted octanol–water partition coefficient (Wildman–Crippen LogP) is -1.30. The maximum atomic E-state index is 14.0. The first-order valence-corrected chi connectivity index (χ1v) is 11.5. The van der Waals surface area contributed by atoms with Crippen LogP contribution in [0, 0.1) is 11.8 Å². The van der Waals surface area contributed by atoms with Crippen LogP contribution in [0.5, 0.6) is 0 Å². The molecule has 0 aromatic carbocycles. The number of rotatable bonds is 15.